The van der Waals surface area contributed by atoms with Gasteiger partial charge in [0.1, 0.15) is 0 Å². The summed E-state index contributed by atoms with van der Waals surface area (Å²) < 4.78 is 4.92. The zero-order valence-corrected chi connectivity index (χ0v) is 10.1. The molecule has 1 unspecified atom stereocenters. The number of nitrogens with zero attached hydrogens (tertiary/aromatic N) is 2. The number of rotatable bonds is 7. The van der Waals surface area contributed by atoms with Gasteiger partial charge in [-0.25, -0.2) is 0 Å². The second-order valence-corrected chi connectivity index (χ2v) is 3.40. The first-order chi connectivity index (χ1) is 7.62. The van der Waals surface area contributed by atoms with Crippen molar-refractivity contribution in [3.8, 4) is 0 Å². The maximum absolute atomic E-state index is 12.0. The summed E-state index contributed by atoms with van der Waals surface area (Å²) in [4.78, 5) is 13.6. The van der Waals surface area contributed by atoms with Gasteiger partial charge in [-0.05, 0) is 13.3 Å². The molecule has 0 aromatic heterocycles. The normalized spacial score (nSPS) is 13.6. The third kappa shape index (κ3) is 4.06. The predicted molar refractivity (Wildman–Crippen MR) is 61.3 cm³/mol. The van der Waals surface area contributed by atoms with Gasteiger partial charge >= 0.3 is 0 Å². The Hall–Kier alpha value is -1.30. The molecule has 0 bridgehead atoms. The largest absolute Gasteiger partial charge is 0.409 e. The monoisotopic (exact) mass is 231 g/mol. The van der Waals surface area contributed by atoms with Gasteiger partial charge < -0.3 is 20.6 Å². The van der Waals surface area contributed by atoms with Crippen LogP contribution in [0.3, 0.4) is 0 Å². The summed E-state index contributed by atoms with van der Waals surface area (Å²) >= 11 is 0. The molecule has 0 aliphatic carbocycles. The maximum atomic E-state index is 12.0. The van der Waals surface area contributed by atoms with E-state index in [0.29, 0.717) is 26.1 Å². The minimum absolute atomic E-state index is 0.0385. The number of ether oxygens (including phenoxy) is 1. The fourth-order valence-electron chi connectivity index (χ4n) is 1.43. The highest BCUT2D eigenvalue weighted by Crippen LogP contribution is 2.08. The van der Waals surface area contributed by atoms with Gasteiger partial charge in [0.25, 0.3) is 0 Å². The second kappa shape index (κ2) is 7.92. The Morgan fingerprint density at radius 1 is 1.56 bits per heavy atom. The molecule has 0 saturated heterocycles. The molecule has 1 amide bonds. The van der Waals surface area contributed by atoms with Gasteiger partial charge in [-0.1, -0.05) is 12.1 Å². The molecule has 0 aliphatic rings. The molecule has 94 valence electrons. The average molecular weight is 231 g/mol. The lowest BCUT2D eigenvalue weighted by molar-refractivity contribution is -0.133. The van der Waals surface area contributed by atoms with Gasteiger partial charge in [0, 0.05) is 20.2 Å². The van der Waals surface area contributed by atoms with Gasteiger partial charge in [0.2, 0.25) is 5.91 Å². The van der Waals surface area contributed by atoms with Crippen molar-refractivity contribution in [1.29, 1.82) is 0 Å². The SMILES string of the molecule is CCC(C(=O)N(CC)CCOC)C(N)=NO. The number of carbonyl (C=O) groups excluding carboxylic acids is 1. The van der Waals surface area contributed by atoms with Crippen LogP contribution in [0.2, 0.25) is 0 Å². The third-order valence-electron chi connectivity index (χ3n) is 2.44. The summed E-state index contributed by atoms with van der Waals surface area (Å²) in [6, 6.07) is 0. The van der Waals surface area contributed by atoms with Crippen LogP contribution in [0.1, 0.15) is 20.3 Å². The van der Waals surface area contributed by atoms with E-state index in [0.717, 1.165) is 0 Å². The smallest absolute Gasteiger partial charge is 0.233 e. The second-order valence-electron chi connectivity index (χ2n) is 3.40. The van der Waals surface area contributed by atoms with E-state index in [9.17, 15) is 4.79 Å². The molecular formula is C10H21N3O3. The van der Waals surface area contributed by atoms with Crippen LogP contribution < -0.4 is 5.73 Å². The molecule has 0 rings (SSSR count). The molecule has 1 atom stereocenters. The fraction of sp³-hybridized carbons (Fsp3) is 0.800. The summed E-state index contributed by atoms with van der Waals surface area (Å²) in [5.41, 5.74) is 5.47. The first kappa shape index (κ1) is 14.7. The van der Waals surface area contributed by atoms with E-state index in [2.05, 4.69) is 5.16 Å². The molecule has 0 aromatic carbocycles. The third-order valence-corrected chi connectivity index (χ3v) is 2.44. The van der Waals surface area contributed by atoms with Crippen molar-refractivity contribution < 1.29 is 14.7 Å². The van der Waals surface area contributed by atoms with Gasteiger partial charge in [0.15, 0.2) is 5.84 Å². The van der Waals surface area contributed by atoms with Gasteiger partial charge in [0.05, 0.1) is 12.5 Å². The molecule has 0 heterocycles. The van der Waals surface area contributed by atoms with Crippen LogP contribution in [0.25, 0.3) is 0 Å². The molecular weight excluding hydrogens is 210 g/mol. The number of hydrogen-bond acceptors (Lipinski definition) is 4. The minimum atomic E-state index is -0.554. The number of amides is 1. The van der Waals surface area contributed by atoms with Crippen LogP contribution in [0.15, 0.2) is 5.16 Å². The maximum Gasteiger partial charge on any atom is 0.233 e. The summed E-state index contributed by atoms with van der Waals surface area (Å²) in [6.07, 6.45) is 0.512. The molecule has 0 saturated carbocycles. The number of nitrogens with two attached hydrogens (primary N) is 1. The lowest BCUT2D eigenvalue weighted by atomic mass is 10.0. The highest BCUT2D eigenvalue weighted by Gasteiger charge is 2.25. The van der Waals surface area contributed by atoms with Gasteiger partial charge in [-0.2, -0.15) is 0 Å². The molecule has 3 N–H and O–H groups in total. The first-order valence-corrected chi connectivity index (χ1v) is 5.37. The lowest BCUT2D eigenvalue weighted by Crippen LogP contribution is -2.43. The number of oxime groups is 1. The average Bonchev–Trinajstić information content (AvgIpc) is 2.30. The Balaban J connectivity index is 4.57. The van der Waals surface area contributed by atoms with E-state index in [4.69, 9.17) is 15.7 Å². The molecule has 0 spiro atoms. The predicted octanol–water partition coefficient (Wildman–Crippen LogP) is 0.254. The van der Waals surface area contributed by atoms with Crippen molar-refractivity contribution in [3.63, 3.8) is 0 Å². The van der Waals surface area contributed by atoms with E-state index in [-0.39, 0.29) is 11.7 Å². The van der Waals surface area contributed by atoms with Crippen LogP contribution in [0.4, 0.5) is 0 Å². The van der Waals surface area contributed by atoms with E-state index in [1.807, 2.05) is 13.8 Å². The quantitative estimate of drug-likeness (QED) is 0.284. The van der Waals surface area contributed by atoms with Crippen LogP contribution in [-0.2, 0) is 9.53 Å². The van der Waals surface area contributed by atoms with E-state index in [1.165, 1.54) is 0 Å². The van der Waals surface area contributed by atoms with Crippen molar-refractivity contribution >= 4 is 11.7 Å². The van der Waals surface area contributed by atoms with Crippen LogP contribution >= 0.6 is 0 Å². The highest BCUT2D eigenvalue weighted by molar-refractivity contribution is 6.01. The standard InChI is InChI=1S/C10H21N3O3/c1-4-8(9(11)12-15)10(14)13(5-2)6-7-16-3/h8,15H,4-7H2,1-3H3,(H2,11,12). The molecule has 0 fully saturated rings. The van der Waals surface area contributed by atoms with Gasteiger partial charge in [-0.3, -0.25) is 4.79 Å². The molecule has 6 nitrogen and oxygen atoms in total. The summed E-state index contributed by atoms with van der Waals surface area (Å²) in [5, 5.41) is 11.5. The van der Waals surface area contributed by atoms with Crippen molar-refractivity contribution in [1.82, 2.24) is 4.90 Å². The zero-order chi connectivity index (χ0) is 12.6. The molecule has 0 aromatic rings. The van der Waals surface area contributed by atoms with Crippen molar-refractivity contribution in [2.45, 2.75) is 20.3 Å². The summed E-state index contributed by atoms with van der Waals surface area (Å²) in [7, 11) is 1.58. The summed E-state index contributed by atoms with van der Waals surface area (Å²) in [5.74, 6) is -0.720. The van der Waals surface area contributed by atoms with Crippen LogP contribution in [-0.4, -0.2) is 48.7 Å². The Morgan fingerprint density at radius 2 is 2.19 bits per heavy atom. The topological polar surface area (TPSA) is 88.2 Å². The molecule has 0 radical (unpaired) electrons. The Bertz CT molecular complexity index is 243. The highest BCUT2D eigenvalue weighted by atomic mass is 16.5. The van der Waals surface area contributed by atoms with E-state index >= 15 is 0 Å². The Morgan fingerprint density at radius 3 is 2.56 bits per heavy atom. The Kier molecular flexibility index (Phi) is 7.28. The molecule has 16 heavy (non-hydrogen) atoms. The number of amidine groups is 1. The minimum Gasteiger partial charge on any atom is -0.409 e. The first-order valence-electron chi connectivity index (χ1n) is 5.37. The number of likely N-dealkylation sites (N-methyl/N-ethyl adjacent to an activating group) is 1. The van der Waals surface area contributed by atoms with Crippen LogP contribution in [0, 0.1) is 5.92 Å². The molecule has 6 heteroatoms. The summed E-state index contributed by atoms with van der Waals surface area (Å²) in [6.45, 7) is 5.28. The number of hydrogen-bond donors (Lipinski definition) is 2. The zero-order valence-electron chi connectivity index (χ0n) is 10.1. The van der Waals surface area contributed by atoms with Crippen molar-refractivity contribution in [3.05, 3.63) is 0 Å². The van der Waals surface area contributed by atoms with Gasteiger partial charge in [-0.15, -0.1) is 0 Å². The van der Waals surface area contributed by atoms with Crippen molar-refractivity contribution in [2.24, 2.45) is 16.8 Å². The van der Waals surface area contributed by atoms with Crippen LogP contribution in [0.5, 0.6) is 0 Å². The number of carbonyl (C=O) groups is 1. The lowest BCUT2D eigenvalue weighted by Gasteiger charge is -2.24. The number of methoxy groups -OCH3 is 1. The van der Waals surface area contributed by atoms with E-state index in [1.54, 1.807) is 12.0 Å². The fourth-order valence-corrected chi connectivity index (χ4v) is 1.43. The Labute approximate surface area is 96.0 Å². The van der Waals surface area contributed by atoms with E-state index < -0.39 is 5.92 Å². The van der Waals surface area contributed by atoms with Crippen molar-refractivity contribution in [2.75, 3.05) is 26.8 Å². The molecule has 0 aliphatic heterocycles.